The standard InChI is InChI=1S/C19H28N4O3S.HI/c1-13-12-27-17(23-13)7-6-8-21-19(20-2)22-11-14-9-15(24-3)18(26-5)16(10-14)25-4;/h9-10,12H,6-8,11H2,1-5H3,(H2,20,21,22);1H. The first kappa shape index (κ1) is 24.3. The maximum atomic E-state index is 5.39. The maximum Gasteiger partial charge on any atom is 0.203 e. The molecule has 2 aromatic rings. The van der Waals surface area contributed by atoms with Gasteiger partial charge in [0.05, 0.1) is 26.3 Å². The predicted octanol–water partition coefficient (Wildman–Crippen LogP) is 3.39. The number of hydrogen-bond acceptors (Lipinski definition) is 6. The van der Waals surface area contributed by atoms with E-state index in [9.17, 15) is 0 Å². The highest BCUT2D eigenvalue weighted by Gasteiger charge is 2.13. The molecule has 0 unspecified atom stereocenters. The van der Waals surface area contributed by atoms with Crippen molar-refractivity contribution in [2.24, 2.45) is 4.99 Å². The van der Waals surface area contributed by atoms with Crippen LogP contribution in [0.3, 0.4) is 0 Å². The SMILES string of the molecule is CN=C(NCCCc1nc(C)cs1)NCc1cc(OC)c(OC)c(OC)c1.I. The van der Waals surface area contributed by atoms with Gasteiger partial charge in [-0.3, -0.25) is 4.99 Å². The highest BCUT2D eigenvalue weighted by molar-refractivity contribution is 14.0. The quantitative estimate of drug-likeness (QED) is 0.229. The molecular formula is C19H29IN4O3S. The summed E-state index contributed by atoms with van der Waals surface area (Å²) < 4.78 is 16.1. The van der Waals surface area contributed by atoms with Crippen molar-refractivity contribution in [3.05, 3.63) is 33.8 Å². The number of thiazole rings is 1. The fraction of sp³-hybridized carbons (Fsp3) is 0.474. The number of nitrogens with one attached hydrogen (secondary N) is 2. The Labute approximate surface area is 187 Å². The fourth-order valence-corrected chi connectivity index (χ4v) is 3.43. The summed E-state index contributed by atoms with van der Waals surface area (Å²) >= 11 is 1.71. The van der Waals surface area contributed by atoms with E-state index in [1.54, 1.807) is 39.7 Å². The van der Waals surface area contributed by atoms with E-state index in [-0.39, 0.29) is 24.0 Å². The zero-order valence-corrected chi connectivity index (χ0v) is 20.1. The number of halogens is 1. The van der Waals surface area contributed by atoms with Gasteiger partial charge in [-0.15, -0.1) is 35.3 Å². The van der Waals surface area contributed by atoms with Gasteiger partial charge in [0.2, 0.25) is 5.75 Å². The number of rotatable bonds is 9. The van der Waals surface area contributed by atoms with Gasteiger partial charge in [0.25, 0.3) is 0 Å². The lowest BCUT2D eigenvalue weighted by Crippen LogP contribution is -2.37. The van der Waals surface area contributed by atoms with E-state index in [0.717, 1.165) is 36.6 Å². The van der Waals surface area contributed by atoms with Crippen LogP contribution in [-0.2, 0) is 13.0 Å². The van der Waals surface area contributed by atoms with Crippen molar-refractivity contribution in [3.8, 4) is 17.2 Å². The Balaban J connectivity index is 0.00000392. The second-order valence-electron chi connectivity index (χ2n) is 5.87. The average Bonchev–Trinajstić information content (AvgIpc) is 3.11. The van der Waals surface area contributed by atoms with Crippen LogP contribution in [0.25, 0.3) is 0 Å². The minimum Gasteiger partial charge on any atom is -0.493 e. The number of benzene rings is 1. The smallest absolute Gasteiger partial charge is 0.203 e. The number of hydrogen-bond donors (Lipinski definition) is 2. The Hall–Kier alpha value is -1.75. The van der Waals surface area contributed by atoms with Gasteiger partial charge in [-0.2, -0.15) is 0 Å². The van der Waals surface area contributed by atoms with E-state index in [0.29, 0.717) is 23.8 Å². The summed E-state index contributed by atoms with van der Waals surface area (Å²) in [6, 6.07) is 3.85. The van der Waals surface area contributed by atoms with Gasteiger partial charge in [-0.1, -0.05) is 0 Å². The molecule has 0 aliphatic carbocycles. The van der Waals surface area contributed by atoms with Crippen molar-refractivity contribution in [3.63, 3.8) is 0 Å². The molecule has 2 N–H and O–H groups in total. The summed E-state index contributed by atoms with van der Waals surface area (Å²) in [5.41, 5.74) is 2.09. The predicted molar refractivity (Wildman–Crippen MR) is 125 cm³/mol. The minimum absolute atomic E-state index is 0. The Morgan fingerprint density at radius 1 is 1.11 bits per heavy atom. The van der Waals surface area contributed by atoms with Crippen LogP contribution in [0.1, 0.15) is 22.7 Å². The molecule has 9 heteroatoms. The van der Waals surface area contributed by atoms with Crippen molar-refractivity contribution in [1.82, 2.24) is 15.6 Å². The number of ether oxygens (including phenoxy) is 3. The molecule has 0 aliphatic rings. The number of aliphatic imine (C=N–C) groups is 1. The first-order valence-electron chi connectivity index (χ1n) is 8.75. The molecule has 2 rings (SSSR count). The zero-order chi connectivity index (χ0) is 19.6. The molecule has 0 spiro atoms. The van der Waals surface area contributed by atoms with Crippen LogP contribution in [0.15, 0.2) is 22.5 Å². The van der Waals surface area contributed by atoms with Crippen LogP contribution in [0.5, 0.6) is 17.2 Å². The summed E-state index contributed by atoms with van der Waals surface area (Å²) in [4.78, 5) is 8.75. The summed E-state index contributed by atoms with van der Waals surface area (Å²) in [7, 11) is 6.57. The van der Waals surface area contributed by atoms with Crippen LogP contribution in [0, 0.1) is 6.92 Å². The maximum absolute atomic E-state index is 5.39. The second kappa shape index (κ2) is 12.7. The van der Waals surface area contributed by atoms with Crippen LogP contribution < -0.4 is 24.8 Å². The van der Waals surface area contributed by atoms with E-state index in [1.165, 1.54) is 5.01 Å². The molecule has 1 aromatic heterocycles. The van der Waals surface area contributed by atoms with Gasteiger partial charge in [0, 0.05) is 37.6 Å². The lowest BCUT2D eigenvalue weighted by molar-refractivity contribution is 0.323. The van der Waals surface area contributed by atoms with Gasteiger partial charge in [-0.05, 0) is 31.0 Å². The zero-order valence-electron chi connectivity index (χ0n) is 17.0. The molecule has 0 saturated carbocycles. The first-order chi connectivity index (χ1) is 13.1. The Morgan fingerprint density at radius 2 is 1.79 bits per heavy atom. The monoisotopic (exact) mass is 520 g/mol. The second-order valence-corrected chi connectivity index (χ2v) is 6.81. The molecule has 0 amide bonds. The lowest BCUT2D eigenvalue weighted by atomic mass is 10.2. The van der Waals surface area contributed by atoms with Crippen LogP contribution in [-0.4, -0.2) is 45.9 Å². The molecule has 156 valence electrons. The van der Waals surface area contributed by atoms with Gasteiger partial charge in [0.15, 0.2) is 17.5 Å². The molecule has 0 atom stereocenters. The molecular weight excluding hydrogens is 491 g/mol. The number of aromatic nitrogens is 1. The van der Waals surface area contributed by atoms with Crippen molar-refractivity contribution >= 4 is 41.3 Å². The van der Waals surface area contributed by atoms with Crippen molar-refractivity contribution in [2.75, 3.05) is 34.9 Å². The van der Waals surface area contributed by atoms with Gasteiger partial charge in [-0.25, -0.2) is 4.98 Å². The molecule has 7 nitrogen and oxygen atoms in total. The molecule has 0 fully saturated rings. The summed E-state index contributed by atoms with van der Waals surface area (Å²) in [6.45, 7) is 3.43. The van der Waals surface area contributed by atoms with E-state index in [2.05, 4.69) is 26.0 Å². The minimum atomic E-state index is 0. The van der Waals surface area contributed by atoms with Gasteiger partial charge >= 0.3 is 0 Å². The number of guanidine groups is 1. The Morgan fingerprint density at radius 3 is 2.29 bits per heavy atom. The highest BCUT2D eigenvalue weighted by Crippen LogP contribution is 2.38. The molecule has 1 aromatic carbocycles. The third-order valence-electron chi connectivity index (χ3n) is 3.93. The van der Waals surface area contributed by atoms with E-state index in [1.807, 2.05) is 19.1 Å². The number of aryl methyl sites for hydroxylation is 2. The molecule has 1 heterocycles. The van der Waals surface area contributed by atoms with Crippen LogP contribution >= 0.6 is 35.3 Å². The van der Waals surface area contributed by atoms with Crippen molar-refractivity contribution < 1.29 is 14.2 Å². The molecule has 0 aliphatic heterocycles. The Kier molecular flexibility index (Phi) is 11.0. The molecule has 28 heavy (non-hydrogen) atoms. The van der Waals surface area contributed by atoms with E-state index in [4.69, 9.17) is 14.2 Å². The third kappa shape index (κ3) is 7.01. The average molecular weight is 520 g/mol. The number of nitrogens with zero attached hydrogens (tertiary/aromatic N) is 2. The lowest BCUT2D eigenvalue weighted by Gasteiger charge is -2.16. The van der Waals surface area contributed by atoms with Crippen molar-refractivity contribution in [2.45, 2.75) is 26.3 Å². The van der Waals surface area contributed by atoms with Gasteiger partial charge < -0.3 is 24.8 Å². The summed E-state index contributed by atoms with van der Waals surface area (Å²) in [5.74, 6) is 2.61. The Bertz CT molecular complexity index is 742. The van der Waals surface area contributed by atoms with E-state index >= 15 is 0 Å². The normalized spacial score (nSPS) is 10.8. The number of methoxy groups -OCH3 is 3. The summed E-state index contributed by atoms with van der Waals surface area (Å²) in [5, 5.41) is 9.89. The highest BCUT2D eigenvalue weighted by atomic mass is 127. The molecule has 0 radical (unpaired) electrons. The first-order valence-corrected chi connectivity index (χ1v) is 9.63. The topological polar surface area (TPSA) is 77.0 Å². The largest absolute Gasteiger partial charge is 0.493 e. The molecule has 0 bridgehead atoms. The van der Waals surface area contributed by atoms with Gasteiger partial charge in [0.1, 0.15) is 0 Å². The third-order valence-corrected chi connectivity index (χ3v) is 4.96. The van der Waals surface area contributed by atoms with Crippen LogP contribution in [0.4, 0.5) is 0 Å². The summed E-state index contributed by atoms with van der Waals surface area (Å²) in [6.07, 6.45) is 1.97. The van der Waals surface area contributed by atoms with E-state index < -0.39 is 0 Å². The molecule has 0 saturated heterocycles. The fourth-order valence-electron chi connectivity index (χ4n) is 2.61. The van der Waals surface area contributed by atoms with Crippen LogP contribution in [0.2, 0.25) is 0 Å². The van der Waals surface area contributed by atoms with Crippen molar-refractivity contribution in [1.29, 1.82) is 0 Å².